The highest BCUT2D eigenvalue weighted by Gasteiger charge is 2.25. The molecule has 2 aromatic rings. The molecule has 0 fully saturated rings. The molecule has 0 aromatic heterocycles. The number of halogens is 2. The SMILES string of the molecule is Cc1ccccc1C1=N/C(=C\c2cc(Br)c(OC(C)C)c(Br)c2)C(=O)O1. The number of cyclic esters (lactones) is 1. The lowest BCUT2D eigenvalue weighted by atomic mass is 10.1. The molecule has 1 aliphatic rings. The van der Waals surface area contributed by atoms with Gasteiger partial charge < -0.3 is 9.47 Å². The summed E-state index contributed by atoms with van der Waals surface area (Å²) in [6.45, 7) is 5.88. The Hall–Kier alpha value is -1.92. The molecule has 26 heavy (non-hydrogen) atoms. The van der Waals surface area contributed by atoms with Crippen LogP contribution in [0.15, 0.2) is 56.0 Å². The normalized spacial score (nSPS) is 15.4. The van der Waals surface area contributed by atoms with Gasteiger partial charge in [0.15, 0.2) is 5.70 Å². The number of esters is 1. The molecule has 1 heterocycles. The number of aryl methyl sites for hydroxylation is 1. The van der Waals surface area contributed by atoms with Gasteiger partial charge in [0.2, 0.25) is 5.90 Å². The molecule has 0 aliphatic carbocycles. The van der Waals surface area contributed by atoms with Crippen molar-refractivity contribution in [1.82, 2.24) is 0 Å². The summed E-state index contributed by atoms with van der Waals surface area (Å²) in [5.41, 5.74) is 2.88. The number of rotatable bonds is 4. The predicted octanol–water partition coefficient (Wildman–Crippen LogP) is 5.65. The number of carbonyl (C=O) groups excluding carboxylic acids is 1. The monoisotopic (exact) mass is 477 g/mol. The van der Waals surface area contributed by atoms with E-state index in [1.165, 1.54) is 0 Å². The highest BCUT2D eigenvalue weighted by Crippen LogP contribution is 2.36. The van der Waals surface area contributed by atoms with Crippen LogP contribution in [0.2, 0.25) is 0 Å². The fraction of sp³-hybridized carbons (Fsp3) is 0.200. The third-order valence-corrected chi connectivity index (χ3v) is 4.85. The van der Waals surface area contributed by atoms with Gasteiger partial charge in [-0.3, -0.25) is 0 Å². The van der Waals surface area contributed by atoms with E-state index in [1.54, 1.807) is 6.08 Å². The summed E-state index contributed by atoms with van der Waals surface area (Å²) < 4.78 is 12.7. The van der Waals surface area contributed by atoms with Gasteiger partial charge in [0, 0.05) is 5.56 Å². The lowest BCUT2D eigenvalue weighted by molar-refractivity contribution is -0.129. The smallest absolute Gasteiger partial charge is 0.363 e. The molecule has 0 atom stereocenters. The van der Waals surface area contributed by atoms with Crippen molar-refractivity contribution >= 4 is 49.8 Å². The molecule has 3 rings (SSSR count). The average Bonchev–Trinajstić information content (AvgIpc) is 2.92. The third-order valence-electron chi connectivity index (χ3n) is 3.67. The van der Waals surface area contributed by atoms with Crippen molar-refractivity contribution in [1.29, 1.82) is 0 Å². The molecule has 0 bridgehead atoms. The minimum Gasteiger partial charge on any atom is -0.489 e. The molecule has 1 aliphatic heterocycles. The Morgan fingerprint density at radius 3 is 2.42 bits per heavy atom. The van der Waals surface area contributed by atoms with Gasteiger partial charge in [0.05, 0.1) is 15.0 Å². The predicted molar refractivity (Wildman–Crippen MR) is 109 cm³/mol. The van der Waals surface area contributed by atoms with Crippen LogP contribution in [0.4, 0.5) is 0 Å². The van der Waals surface area contributed by atoms with Gasteiger partial charge in [-0.2, -0.15) is 0 Å². The Bertz CT molecular complexity index is 909. The van der Waals surface area contributed by atoms with Gasteiger partial charge in [-0.05, 0) is 88.0 Å². The summed E-state index contributed by atoms with van der Waals surface area (Å²) in [6.07, 6.45) is 1.75. The average molecular weight is 479 g/mol. The van der Waals surface area contributed by atoms with E-state index in [-0.39, 0.29) is 11.8 Å². The molecule has 0 amide bonds. The first kappa shape index (κ1) is 18.9. The molecule has 0 radical (unpaired) electrons. The minimum absolute atomic E-state index is 0.0536. The zero-order chi connectivity index (χ0) is 18.8. The molecule has 0 unspecified atom stereocenters. The van der Waals surface area contributed by atoms with E-state index in [9.17, 15) is 4.79 Å². The minimum atomic E-state index is -0.460. The fourth-order valence-electron chi connectivity index (χ4n) is 2.51. The van der Waals surface area contributed by atoms with E-state index in [1.807, 2.05) is 57.2 Å². The molecule has 0 N–H and O–H groups in total. The van der Waals surface area contributed by atoms with Crippen LogP contribution in [-0.4, -0.2) is 18.0 Å². The summed E-state index contributed by atoms with van der Waals surface area (Å²) in [6, 6.07) is 11.4. The second-order valence-corrected chi connectivity index (χ2v) is 7.84. The molecule has 0 saturated heterocycles. The van der Waals surface area contributed by atoms with Crippen molar-refractivity contribution in [3.63, 3.8) is 0 Å². The van der Waals surface area contributed by atoms with E-state index >= 15 is 0 Å². The van der Waals surface area contributed by atoms with Gasteiger partial charge in [0.25, 0.3) is 0 Å². The van der Waals surface area contributed by atoms with Gasteiger partial charge in [-0.25, -0.2) is 9.79 Å². The summed E-state index contributed by atoms with van der Waals surface area (Å²) in [7, 11) is 0. The zero-order valence-electron chi connectivity index (χ0n) is 14.5. The van der Waals surface area contributed by atoms with Crippen molar-refractivity contribution < 1.29 is 14.3 Å². The number of hydrogen-bond donors (Lipinski definition) is 0. The van der Waals surface area contributed by atoms with E-state index in [4.69, 9.17) is 9.47 Å². The van der Waals surface area contributed by atoms with Crippen molar-refractivity contribution in [3.05, 3.63) is 67.7 Å². The zero-order valence-corrected chi connectivity index (χ0v) is 17.7. The fourth-order valence-corrected chi connectivity index (χ4v) is 3.91. The van der Waals surface area contributed by atoms with Crippen LogP contribution in [0.5, 0.6) is 5.75 Å². The van der Waals surface area contributed by atoms with Crippen LogP contribution < -0.4 is 4.74 Å². The van der Waals surface area contributed by atoms with Crippen LogP contribution in [0.25, 0.3) is 6.08 Å². The second kappa shape index (κ2) is 7.76. The molecule has 134 valence electrons. The van der Waals surface area contributed by atoms with Gasteiger partial charge in [0.1, 0.15) is 5.75 Å². The Kier molecular flexibility index (Phi) is 5.63. The van der Waals surface area contributed by atoms with Gasteiger partial charge in [-0.15, -0.1) is 0 Å². The standard InChI is InChI=1S/C20H17Br2NO3/c1-11(2)25-18-15(21)8-13(9-16(18)22)10-17-20(24)26-19(23-17)14-7-5-4-6-12(14)3/h4-11H,1-3H3/b17-10-. The van der Waals surface area contributed by atoms with Crippen LogP contribution in [0, 0.1) is 6.92 Å². The van der Waals surface area contributed by atoms with Crippen molar-refractivity contribution in [3.8, 4) is 5.75 Å². The van der Waals surface area contributed by atoms with Crippen LogP contribution in [0.3, 0.4) is 0 Å². The Balaban J connectivity index is 1.95. The summed E-state index contributed by atoms with van der Waals surface area (Å²) in [5, 5.41) is 0. The van der Waals surface area contributed by atoms with Crippen molar-refractivity contribution in [2.24, 2.45) is 4.99 Å². The molecular weight excluding hydrogens is 462 g/mol. The first-order valence-electron chi connectivity index (χ1n) is 8.09. The van der Waals surface area contributed by atoms with E-state index < -0.39 is 5.97 Å². The molecule has 2 aromatic carbocycles. The number of nitrogens with zero attached hydrogens (tertiary/aromatic N) is 1. The Labute approximate surface area is 169 Å². The first-order chi connectivity index (χ1) is 12.3. The Morgan fingerprint density at radius 1 is 1.15 bits per heavy atom. The highest BCUT2D eigenvalue weighted by molar-refractivity contribution is 9.11. The number of aliphatic imine (C=N–C) groups is 1. The molecule has 6 heteroatoms. The maximum absolute atomic E-state index is 12.2. The maximum Gasteiger partial charge on any atom is 0.363 e. The van der Waals surface area contributed by atoms with Crippen LogP contribution in [-0.2, 0) is 9.53 Å². The summed E-state index contributed by atoms with van der Waals surface area (Å²) >= 11 is 7.03. The Morgan fingerprint density at radius 2 is 1.81 bits per heavy atom. The van der Waals surface area contributed by atoms with Crippen LogP contribution >= 0.6 is 31.9 Å². The second-order valence-electron chi connectivity index (χ2n) is 6.13. The quantitative estimate of drug-likeness (QED) is 0.421. The molecule has 4 nitrogen and oxygen atoms in total. The number of hydrogen-bond acceptors (Lipinski definition) is 4. The van der Waals surface area contributed by atoms with Gasteiger partial charge >= 0.3 is 5.97 Å². The molecule has 0 saturated carbocycles. The van der Waals surface area contributed by atoms with Crippen molar-refractivity contribution in [2.45, 2.75) is 26.9 Å². The highest BCUT2D eigenvalue weighted by atomic mass is 79.9. The lowest BCUT2D eigenvalue weighted by Gasteiger charge is -2.14. The summed E-state index contributed by atoms with van der Waals surface area (Å²) in [5.74, 6) is 0.593. The number of ether oxygens (including phenoxy) is 2. The first-order valence-corrected chi connectivity index (χ1v) is 9.68. The lowest BCUT2D eigenvalue weighted by Crippen LogP contribution is -2.07. The largest absolute Gasteiger partial charge is 0.489 e. The maximum atomic E-state index is 12.2. The molecule has 0 spiro atoms. The topological polar surface area (TPSA) is 47.9 Å². The van der Waals surface area contributed by atoms with E-state index in [0.717, 1.165) is 31.4 Å². The van der Waals surface area contributed by atoms with Gasteiger partial charge in [-0.1, -0.05) is 18.2 Å². The summed E-state index contributed by atoms with van der Waals surface area (Å²) in [4.78, 5) is 16.6. The number of carbonyl (C=O) groups is 1. The van der Waals surface area contributed by atoms with Crippen LogP contribution in [0.1, 0.15) is 30.5 Å². The molecular formula is C20H17Br2NO3. The third kappa shape index (κ3) is 4.07. The van der Waals surface area contributed by atoms with E-state index in [0.29, 0.717) is 5.90 Å². The van der Waals surface area contributed by atoms with Crippen molar-refractivity contribution in [2.75, 3.05) is 0 Å². The van der Waals surface area contributed by atoms with E-state index in [2.05, 4.69) is 36.9 Å². The number of benzene rings is 2.